The van der Waals surface area contributed by atoms with Crippen LogP contribution in [0.1, 0.15) is 27.0 Å². The number of hydrogen-bond donors (Lipinski definition) is 1. The first-order valence-electron chi connectivity index (χ1n) is 7.07. The summed E-state index contributed by atoms with van der Waals surface area (Å²) in [4.78, 5) is 15.9. The topological polar surface area (TPSA) is 51.2 Å². The number of alkyl halides is 6. The van der Waals surface area contributed by atoms with Crippen LogP contribution in [-0.2, 0) is 18.9 Å². The average molecular weight is 378 g/mol. The van der Waals surface area contributed by atoms with Gasteiger partial charge in [0.2, 0.25) is 5.88 Å². The molecule has 0 saturated carbocycles. The summed E-state index contributed by atoms with van der Waals surface area (Å²) in [6.45, 7) is -0.132. The number of pyridine rings is 1. The molecular formula is C16H12F6N2O2. The second kappa shape index (κ2) is 7.22. The highest BCUT2D eigenvalue weighted by Crippen LogP contribution is 2.36. The molecule has 0 bridgehead atoms. The summed E-state index contributed by atoms with van der Waals surface area (Å²) in [5.41, 5.74) is -3.36. The van der Waals surface area contributed by atoms with E-state index in [1.165, 1.54) is 19.4 Å². The maximum absolute atomic E-state index is 12.8. The van der Waals surface area contributed by atoms with Crippen molar-refractivity contribution in [2.45, 2.75) is 18.9 Å². The minimum Gasteiger partial charge on any atom is -0.481 e. The van der Waals surface area contributed by atoms with E-state index in [1.54, 1.807) is 6.07 Å². The number of methoxy groups -OCH3 is 1. The van der Waals surface area contributed by atoms with Crippen molar-refractivity contribution in [2.24, 2.45) is 0 Å². The Balaban J connectivity index is 2.23. The molecule has 0 spiro atoms. The van der Waals surface area contributed by atoms with Crippen molar-refractivity contribution in [2.75, 3.05) is 7.11 Å². The predicted octanol–water partition coefficient (Wildman–Crippen LogP) is 4.06. The van der Waals surface area contributed by atoms with Gasteiger partial charge in [-0.2, -0.15) is 26.3 Å². The number of benzene rings is 1. The standard InChI is InChI=1S/C16H12F6N2O2/c1-26-13-3-2-9(7-23-13)8-24-14(25)10-4-11(15(17,18)19)6-12(5-10)16(20,21)22/h2-7H,8H2,1H3,(H,24,25). The van der Waals surface area contributed by atoms with Gasteiger partial charge in [-0.1, -0.05) is 6.07 Å². The molecule has 0 aliphatic heterocycles. The molecule has 1 N–H and O–H groups in total. The largest absolute Gasteiger partial charge is 0.481 e. The van der Waals surface area contributed by atoms with Crippen molar-refractivity contribution in [3.63, 3.8) is 0 Å². The van der Waals surface area contributed by atoms with Gasteiger partial charge in [0.15, 0.2) is 0 Å². The third-order valence-corrected chi connectivity index (χ3v) is 3.31. The number of nitrogens with one attached hydrogen (secondary N) is 1. The van der Waals surface area contributed by atoms with Gasteiger partial charge in [0.05, 0.1) is 18.2 Å². The normalized spacial score (nSPS) is 12.0. The summed E-state index contributed by atoms with van der Waals surface area (Å²) >= 11 is 0. The molecule has 0 saturated heterocycles. The van der Waals surface area contributed by atoms with Crippen molar-refractivity contribution in [1.82, 2.24) is 10.3 Å². The van der Waals surface area contributed by atoms with Crippen LogP contribution < -0.4 is 10.1 Å². The highest BCUT2D eigenvalue weighted by Gasteiger charge is 2.37. The summed E-state index contributed by atoms with van der Waals surface area (Å²) in [5, 5.41) is 2.26. The number of aromatic nitrogens is 1. The second-order valence-corrected chi connectivity index (χ2v) is 5.19. The van der Waals surface area contributed by atoms with Crippen molar-refractivity contribution in [3.8, 4) is 5.88 Å². The van der Waals surface area contributed by atoms with E-state index in [0.29, 0.717) is 23.6 Å². The molecule has 26 heavy (non-hydrogen) atoms. The zero-order chi connectivity index (χ0) is 19.5. The maximum atomic E-state index is 12.8. The molecule has 10 heteroatoms. The van der Waals surface area contributed by atoms with Crippen LogP contribution in [0.3, 0.4) is 0 Å². The van der Waals surface area contributed by atoms with Crippen LogP contribution in [0.25, 0.3) is 0 Å². The Morgan fingerprint density at radius 1 is 1.04 bits per heavy atom. The molecule has 0 radical (unpaired) electrons. The quantitative estimate of drug-likeness (QED) is 0.817. The van der Waals surface area contributed by atoms with Crippen LogP contribution in [-0.4, -0.2) is 18.0 Å². The highest BCUT2D eigenvalue weighted by molar-refractivity contribution is 5.94. The number of hydrogen-bond acceptors (Lipinski definition) is 3. The van der Waals surface area contributed by atoms with Crippen LogP contribution in [0.2, 0.25) is 0 Å². The first-order valence-corrected chi connectivity index (χ1v) is 7.07. The molecular weight excluding hydrogens is 366 g/mol. The zero-order valence-electron chi connectivity index (χ0n) is 13.2. The van der Waals surface area contributed by atoms with Crippen LogP contribution >= 0.6 is 0 Å². The summed E-state index contributed by atoms with van der Waals surface area (Å²) < 4.78 is 81.7. The molecule has 0 unspecified atom stereocenters. The Kier molecular flexibility index (Phi) is 5.43. The van der Waals surface area contributed by atoms with Crippen LogP contribution in [0.5, 0.6) is 5.88 Å². The Hall–Kier alpha value is -2.78. The van der Waals surface area contributed by atoms with E-state index in [2.05, 4.69) is 10.3 Å². The van der Waals surface area contributed by atoms with Gasteiger partial charge < -0.3 is 10.1 Å². The Labute approximate surface area is 143 Å². The van der Waals surface area contributed by atoms with Crippen LogP contribution in [0.15, 0.2) is 36.5 Å². The summed E-state index contributed by atoms with van der Waals surface area (Å²) in [7, 11) is 1.40. The number of carbonyl (C=O) groups is 1. The lowest BCUT2D eigenvalue weighted by atomic mass is 10.0. The fraction of sp³-hybridized carbons (Fsp3) is 0.250. The number of rotatable bonds is 4. The van der Waals surface area contributed by atoms with E-state index in [1.807, 2.05) is 0 Å². The van der Waals surface area contributed by atoms with Gasteiger partial charge in [-0.05, 0) is 23.8 Å². The van der Waals surface area contributed by atoms with E-state index < -0.39 is 35.0 Å². The van der Waals surface area contributed by atoms with Crippen LogP contribution in [0.4, 0.5) is 26.3 Å². The molecule has 1 heterocycles. The lowest BCUT2D eigenvalue weighted by Gasteiger charge is -2.14. The number of halogens is 6. The molecule has 2 aromatic rings. The van der Waals surface area contributed by atoms with Gasteiger partial charge in [0.25, 0.3) is 5.91 Å². The lowest BCUT2D eigenvalue weighted by Crippen LogP contribution is -2.24. The third-order valence-electron chi connectivity index (χ3n) is 3.31. The fourth-order valence-corrected chi connectivity index (χ4v) is 2.01. The van der Waals surface area contributed by atoms with Crippen molar-refractivity contribution in [3.05, 3.63) is 58.8 Å². The summed E-state index contributed by atoms with van der Waals surface area (Å²) in [6, 6.07) is 3.74. The van der Waals surface area contributed by atoms with E-state index in [9.17, 15) is 31.1 Å². The third kappa shape index (κ3) is 4.87. The van der Waals surface area contributed by atoms with Gasteiger partial charge in [0, 0.05) is 24.4 Å². The molecule has 2 rings (SSSR count). The SMILES string of the molecule is COc1ccc(CNC(=O)c2cc(C(F)(F)F)cc(C(F)(F)F)c2)cn1. The van der Waals surface area contributed by atoms with E-state index in [0.717, 1.165) is 0 Å². The lowest BCUT2D eigenvalue weighted by molar-refractivity contribution is -0.143. The Bertz CT molecular complexity index is 753. The van der Waals surface area contributed by atoms with Crippen LogP contribution in [0, 0.1) is 0 Å². The summed E-state index contributed by atoms with van der Waals surface area (Å²) in [6.07, 6.45) is -8.68. The van der Waals surface area contributed by atoms with E-state index >= 15 is 0 Å². The average Bonchev–Trinajstić information content (AvgIpc) is 2.58. The highest BCUT2D eigenvalue weighted by atomic mass is 19.4. The molecule has 0 aliphatic rings. The minimum absolute atomic E-state index is 0.0375. The number of carbonyl (C=O) groups excluding carboxylic acids is 1. The molecule has 1 aromatic heterocycles. The van der Waals surface area contributed by atoms with Crippen molar-refractivity contribution in [1.29, 1.82) is 0 Å². The van der Waals surface area contributed by atoms with E-state index in [4.69, 9.17) is 4.74 Å². The minimum atomic E-state index is -5.02. The molecule has 140 valence electrons. The predicted molar refractivity (Wildman–Crippen MR) is 78.4 cm³/mol. The number of ether oxygens (including phenoxy) is 1. The Morgan fingerprint density at radius 2 is 1.62 bits per heavy atom. The first-order chi connectivity index (χ1) is 12.0. The Morgan fingerprint density at radius 3 is 2.04 bits per heavy atom. The molecule has 1 aromatic carbocycles. The van der Waals surface area contributed by atoms with Crippen molar-refractivity contribution < 1.29 is 35.9 Å². The fourth-order valence-electron chi connectivity index (χ4n) is 2.01. The zero-order valence-corrected chi connectivity index (χ0v) is 13.2. The first kappa shape index (κ1) is 19.5. The second-order valence-electron chi connectivity index (χ2n) is 5.19. The van der Waals surface area contributed by atoms with E-state index in [-0.39, 0.29) is 12.6 Å². The van der Waals surface area contributed by atoms with Gasteiger partial charge in [-0.25, -0.2) is 4.98 Å². The van der Waals surface area contributed by atoms with Gasteiger partial charge in [0.1, 0.15) is 0 Å². The molecule has 1 amide bonds. The van der Waals surface area contributed by atoms with Gasteiger partial charge >= 0.3 is 12.4 Å². The number of amides is 1. The molecule has 0 atom stereocenters. The van der Waals surface area contributed by atoms with Crippen molar-refractivity contribution >= 4 is 5.91 Å². The summed E-state index contributed by atoms with van der Waals surface area (Å²) in [5.74, 6) is -0.759. The number of nitrogens with zero attached hydrogens (tertiary/aromatic N) is 1. The van der Waals surface area contributed by atoms with Gasteiger partial charge in [-0.15, -0.1) is 0 Å². The van der Waals surface area contributed by atoms with Gasteiger partial charge in [-0.3, -0.25) is 4.79 Å². The molecule has 0 aliphatic carbocycles. The monoisotopic (exact) mass is 378 g/mol. The molecule has 4 nitrogen and oxygen atoms in total. The maximum Gasteiger partial charge on any atom is 0.416 e. The molecule has 0 fully saturated rings. The smallest absolute Gasteiger partial charge is 0.416 e.